The van der Waals surface area contributed by atoms with E-state index < -0.39 is 29.8 Å². The van der Waals surface area contributed by atoms with E-state index in [9.17, 15) is 25.5 Å². The van der Waals surface area contributed by atoms with Crippen LogP contribution in [0.25, 0.3) is 0 Å². The van der Waals surface area contributed by atoms with E-state index in [2.05, 4.69) is 40.7 Å². The molecule has 0 unspecified atom stereocenters. The summed E-state index contributed by atoms with van der Waals surface area (Å²) in [5.41, 5.74) is -0.336. The van der Waals surface area contributed by atoms with E-state index in [-0.39, 0.29) is 45.5 Å². The monoisotopic (exact) mass is 490 g/mol. The first-order valence-corrected chi connectivity index (χ1v) is 14.2. The largest absolute Gasteiger partial charge is 0.393 e. The molecule has 0 heterocycles. The molecule has 35 heavy (non-hydrogen) atoms. The Bertz CT molecular complexity index is 890. The van der Waals surface area contributed by atoms with Crippen molar-refractivity contribution >= 4 is 0 Å². The summed E-state index contributed by atoms with van der Waals surface area (Å²) in [4.78, 5) is 0. The predicted octanol–water partition coefficient (Wildman–Crippen LogP) is 4.05. The van der Waals surface area contributed by atoms with E-state index >= 15 is 0 Å². The van der Waals surface area contributed by atoms with Crippen molar-refractivity contribution in [2.24, 2.45) is 51.2 Å². The normalized spacial score (nSPS) is 55.7. The molecule has 200 valence electrons. The molecule has 0 aromatic rings. The van der Waals surface area contributed by atoms with Gasteiger partial charge in [0, 0.05) is 11.3 Å². The van der Waals surface area contributed by atoms with Gasteiger partial charge in [0.05, 0.1) is 30.0 Å². The van der Waals surface area contributed by atoms with Crippen LogP contribution in [-0.2, 0) is 0 Å². The molecule has 0 aromatic heterocycles. The molecule has 0 saturated heterocycles. The van der Waals surface area contributed by atoms with E-state index in [1.165, 1.54) is 5.57 Å². The van der Waals surface area contributed by atoms with Gasteiger partial charge in [-0.1, -0.05) is 46.3 Å². The lowest BCUT2D eigenvalue weighted by Gasteiger charge is -2.68. The Morgan fingerprint density at radius 2 is 1.51 bits per heavy atom. The molecule has 12 atom stereocenters. The van der Waals surface area contributed by atoms with E-state index in [1.54, 1.807) is 13.8 Å². The fourth-order valence-corrected chi connectivity index (χ4v) is 11.0. The Kier molecular flexibility index (Phi) is 5.82. The molecule has 0 radical (unpaired) electrons. The van der Waals surface area contributed by atoms with E-state index in [1.807, 2.05) is 0 Å². The van der Waals surface area contributed by atoms with E-state index in [0.717, 1.165) is 38.5 Å². The summed E-state index contributed by atoms with van der Waals surface area (Å²) in [6.07, 6.45) is 6.16. The Hall–Kier alpha value is -0.460. The molecule has 0 bridgehead atoms. The van der Waals surface area contributed by atoms with Crippen molar-refractivity contribution in [1.29, 1.82) is 0 Å². The van der Waals surface area contributed by atoms with Gasteiger partial charge in [-0.3, -0.25) is 0 Å². The van der Waals surface area contributed by atoms with Gasteiger partial charge in [0.1, 0.15) is 0 Å². The van der Waals surface area contributed by atoms with Crippen LogP contribution < -0.4 is 0 Å². The van der Waals surface area contributed by atoms with Crippen LogP contribution in [0.2, 0.25) is 0 Å². The molecule has 0 aromatic carbocycles. The number of allylic oxidation sites excluding steroid dienone is 1. The fraction of sp³-hybridized carbons (Fsp3) is 0.933. The summed E-state index contributed by atoms with van der Waals surface area (Å²) in [6, 6.07) is 0. The Labute approximate surface area is 212 Å². The van der Waals surface area contributed by atoms with Crippen molar-refractivity contribution < 1.29 is 25.5 Å². The summed E-state index contributed by atoms with van der Waals surface area (Å²) < 4.78 is 0. The lowest BCUT2D eigenvalue weighted by molar-refractivity contribution is -0.212. The molecule has 0 amide bonds. The highest BCUT2D eigenvalue weighted by atomic mass is 16.3. The van der Waals surface area contributed by atoms with Crippen LogP contribution in [0.4, 0.5) is 0 Å². The van der Waals surface area contributed by atoms with Crippen molar-refractivity contribution in [3.8, 4) is 0 Å². The van der Waals surface area contributed by atoms with Crippen LogP contribution in [0.3, 0.4) is 0 Å². The van der Waals surface area contributed by atoms with Crippen LogP contribution in [-0.4, -0.2) is 55.5 Å². The lowest BCUT2D eigenvalue weighted by atomic mass is 9.37. The Balaban J connectivity index is 1.48. The third-order valence-electron chi connectivity index (χ3n) is 12.8. The van der Waals surface area contributed by atoms with Gasteiger partial charge in [-0.15, -0.1) is 0 Å². The van der Waals surface area contributed by atoms with Crippen molar-refractivity contribution in [1.82, 2.24) is 0 Å². The predicted molar refractivity (Wildman–Crippen MR) is 136 cm³/mol. The second-order valence-electron chi connectivity index (χ2n) is 15.1. The van der Waals surface area contributed by atoms with E-state index in [4.69, 9.17) is 0 Å². The average Bonchev–Trinajstić information content (AvgIpc) is 3.23. The molecule has 5 nitrogen and oxygen atoms in total. The van der Waals surface area contributed by atoms with Gasteiger partial charge in [-0.05, 0) is 98.7 Å². The first-order chi connectivity index (χ1) is 16.0. The molecule has 5 aliphatic rings. The number of hydrogen-bond acceptors (Lipinski definition) is 5. The Morgan fingerprint density at radius 1 is 0.857 bits per heavy atom. The van der Waals surface area contributed by atoms with Gasteiger partial charge in [-0.2, -0.15) is 0 Å². The fourth-order valence-electron chi connectivity index (χ4n) is 11.0. The minimum Gasteiger partial charge on any atom is -0.393 e. The number of rotatable bonds is 2. The van der Waals surface area contributed by atoms with Crippen LogP contribution in [0, 0.1) is 51.2 Å². The maximum atomic E-state index is 11.8. The van der Waals surface area contributed by atoms with Crippen LogP contribution in [0.5, 0.6) is 0 Å². The minimum absolute atomic E-state index is 0.0619. The number of hydrogen-bond donors (Lipinski definition) is 5. The van der Waals surface area contributed by atoms with E-state index in [0.29, 0.717) is 12.3 Å². The molecule has 0 aliphatic heterocycles. The van der Waals surface area contributed by atoms with Gasteiger partial charge < -0.3 is 25.5 Å². The molecular weight excluding hydrogens is 440 g/mol. The highest BCUT2D eigenvalue weighted by Gasteiger charge is 2.69. The van der Waals surface area contributed by atoms with Crippen LogP contribution in [0.1, 0.15) is 93.4 Å². The summed E-state index contributed by atoms with van der Waals surface area (Å²) in [7, 11) is 0. The number of fused-ring (bicyclic) bond motifs is 5. The molecule has 0 spiro atoms. The molecular formula is C30H50O5. The van der Waals surface area contributed by atoms with Gasteiger partial charge in [0.2, 0.25) is 0 Å². The molecule has 4 saturated carbocycles. The van der Waals surface area contributed by atoms with Crippen molar-refractivity contribution in [2.75, 3.05) is 0 Å². The summed E-state index contributed by atoms with van der Waals surface area (Å²) in [6.45, 7) is 14.8. The number of aliphatic hydroxyl groups excluding tert-OH is 4. The van der Waals surface area contributed by atoms with Crippen molar-refractivity contribution in [3.05, 3.63) is 11.6 Å². The summed E-state index contributed by atoms with van der Waals surface area (Å²) in [5.74, 6) is 0.246. The standard InChI is InChI=1S/C30H50O5/c1-26(2)21-15-23(33)30(7)19-9-8-17(16-14-18(31)24(25(16)34)27(3,4)35)28(19,5)12-10-20(30)29(21,6)13-11-22(26)32/h9,16-18,20-25,31-35H,8,10-15H2,1-7H3/t16-,17-,18+,20+,21-,22+,23+,24-,25-,28-,29+,30-/m0/s1. The first-order valence-electron chi connectivity index (χ1n) is 14.2. The molecule has 5 heteroatoms. The van der Waals surface area contributed by atoms with Crippen LogP contribution >= 0.6 is 0 Å². The highest BCUT2D eigenvalue weighted by Crippen LogP contribution is 2.73. The van der Waals surface area contributed by atoms with Gasteiger partial charge in [0.25, 0.3) is 0 Å². The topological polar surface area (TPSA) is 101 Å². The number of aliphatic hydroxyl groups is 5. The van der Waals surface area contributed by atoms with Crippen LogP contribution in [0.15, 0.2) is 11.6 Å². The van der Waals surface area contributed by atoms with Crippen molar-refractivity contribution in [2.45, 2.75) is 123 Å². The minimum atomic E-state index is -1.13. The van der Waals surface area contributed by atoms with Crippen molar-refractivity contribution in [3.63, 3.8) is 0 Å². The zero-order valence-corrected chi connectivity index (χ0v) is 23.0. The smallest absolute Gasteiger partial charge is 0.0669 e. The maximum Gasteiger partial charge on any atom is 0.0669 e. The molecule has 5 N–H and O–H groups in total. The summed E-state index contributed by atoms with van der Waals surface area (Å²) in [5, 5.41) is 55.5. The maximum absolute atomic E-state index is 11.8. The van der Waals surface area contributed by atoms with Gasteiger partial charge >= 0.3 is 0 Å². The summed E-state index contributed by atoms with van der Waals surface area (Å²) >= 11 is 0. The highest BCUT2D eigenvalue weighted by molar-refractivity contribution is 5.36. The lowest BCUT2D eigenvalue weighted by Crippen LogP contribution is -2.65. The SMILES string of the molecule is CC(C)(O)[C@@H]1[C@@H](O)[C@H]([C@@H]2CC=C3[C@]4(C)[C@H](O)C[C@H]5C(C)(C)[C@H](O)CC[C@]5(C)[C@H]4CC[C@]32C)C[C@H]1O. The molecule has 5 rings (SSSR count). The first kappa shape index (κ1) is 26.2. The van der Waals surface area contributed by atoms with Gasteiger partial charge in [0.15, 0.2) is 0 Å². The van der Waals surface area contributed by atoms with Gasteiger partial charge in [-0.25, -0.2) is 0 Å². The third-order valence-corrected chi connectivity index (χ3v) is 12.8. The third kappa shape index (κ3) is 3.30. The molecule has 5 aliphatic carbocycles. The molecule has 4 fully saturated rings. The zero-order valence-electron chi connectivity index (χ0n) is 23.0. The average molecular weight is 491 g/mol. The second kappa shape index (κ2) is 7.79. The quantitative estimate of drug-likeness (QED) is 0.376. The second-order valence-corrected chi connectivity index (χ2v) is 15.1. The zero-order chi connectivity index (χ0) is 25.9. The Morgan fingerprint density at radius 3 is 2.11 bits per heavy atom.